The number of amides is 8. The van der Waals surface area contributed by atoms with Crippen LogP contribution in [0.15, 0.2) is 30.3 Å². The summed E-state index contributed by atoms with van der Waals surface area (Å²) in [4.78, 5) is 120. The van der Waals surface area contributed by atoms with Gasteiger partial charge in [-0.3, -0.25) is 43.4 Å². The van der Waals surface area contributed by atoms with E-state index in [1.54, 1.807) is 56.1 Å². The molecule has 2 fully saturated rings. The molecule has 0 saturated carbocycles. The number of fused-ring (bicyclic) bond motifs is 1. The summed E-state index contributed by atoms with van der Waals surface area (Å²) in [6.45, 7) is 12.1. The normalized spacial score (nSPS) is 19.4. The Balaban J connectivity index is 1.66. The molecule has 2 aliphatic rings. The number of hydrazine groups is 1. The number of carbonyl (C=O) groups is 9. The van der Waals surface area contributed by atoms with Crippen molar-refractivity contribution in [3.05, 3.63) is 35.9 Å². The zero-order chi connectivity index (χ0) is 50.8. The zero-order valence-corrected chi connectivity index (χ0v) is 40.4. The van der Waals surface area contributed by atoms with Crippen molar-refractivity contribution >= 4 is 53.2 Å². The van der Waals surface area contributed by atoms with E-state index >= 15 is 0 Å². The van der Waals surface area contributed by atoms with Gasteiger partial charge in [-0.2, -0.15) is 0 Å². The van der Waals surface area contributed by atoms with Crippen molar-refractivity contribution in [2.75, 3.05) is 26.2 Å². The molecule has 10 unspecified atom stereocenters. The third-order valence-electron chi connectivity index (χ3n) is 12.0. The molecule has 3 rings (SSSR count). The van der Waals surface area contributed by atoms with Crippen molar-refractivity contribution in [2.24, 2.45) is 29.2 Å². The van der Waals surface area contributed by atoms with Crippen LogP contribution in [0, 0.1) is 17.8 Å². The number of rotatable bonds is 28. The number of carboxylic acids is 1. The lowest BCUT2D eigenvalue weighted by Crippen LogP contribution is -2.60. The van der Waals surface area contributed by atoms with Crippen LogP contribution in [0.4, 0.5) is 0 Å². The van der Waals surface area contributed by atoms with Gasteiger partial charge < -0.3 is 58.9 Å². The van der Waals surface area contributed by atoms with Crippen molar-refractivity contribution in [1.82, 2.24) is 47.2 Å². The quantitative estimate of drug-likeness (QED) is 0.0411. The molecule has 13 N–H and O–H groups in total. The average molecular weight is 958 g/mol. The zero-order valence-electron chi connectivity index (χ0n) is 40.4. The monoisotopic (exact) mass is 958 g/mol. The number of nitrogens with zero attached hydrogens (tertiary/aromatic N) is 2. The van der Waals surface area contributed by atoms with Crippen LogP contribution in [0.1, 0.15) is 99.0 Å². The Kier molecular flexibility index (Phi) is 22.8. The molecular formula is C46H75N11O11. The number of nitrogens with two attached hydrogens (primary N) is 2. The van der Waals surface area contributed by atoms with Crippen LogP contribution in [0.25, 0.3) is 0 Å². The minimum absolute atomic E-state index is 0.0156. The number of hydrogen-bond donors (Lipinski definition) is 11. The topological polar surface area (TPSA) is 337 Å². The Morgan fingerprint density at radius 1 is 0.735 bits per heavy atom. The van der Waals surface area contributed by atoms with E-state index in [0.29, 0.717) is 37.8 Å². The van der Waals surface area contributed by atoms with Gasteiger partial charge in [-0.1, -0.05) is 84.7 Å². The molecule has 2 saturated heterocycles. The smallest absolute Gasteiger partial charge is 0.326 e. The molecule has 68 heavy (non-hydrogen) atoms. The fourth-order valence-electron chi connectivity index (χ4n) is 7.97. The molecule has 2 aliphatic heterocycles. The Hall–Kier alpha value is -5.71. The highest BCUT2D eigenvalue weighted by Gasteiger charge is 2.50. The first-order chi connectivity index (χ1) is 32.1. The molecule has 10 atom stereocenters. The SMILES string of the molecule is CCC(C)C(NC(=O)C(N)CCCCN)C(=O)NC1CN2CCC(C(=O)NC(CO)C(=O)NC(CC(C)C)C(=O)NC(C)C(=O)NC(Cc3ccccc3)C(=O)NC(CC(C)C)C(=O)O)N2C1=O. The minimum atomic E-state index is -1.56. The van der Waals surface area contributed by atoms with Gasteiger partial charge in [0.05, 0.1) is 12.6 Å². The van der Waals surface area contributed by atoms with E-state index < -0.39 is 114 Å². The van der Waals surface area contributed by atoms with E-state index in [1.807, 2.05) is 20.8 Å². The number of benzene rings is 1. The summed E-state index contributed by atoms with van der Waals surface area (Å²) in [5.74, 6) is -7.36. The minimum Gasteiger partial charge on any atom is -0.480 e. The summed E-state index contributed by atoms with van der Waals surface area (Å²) in [5.41, 5.74) is 12.3. The van der Waals surface area contributed by atoms with E-state index in [0.717, 1.165) is 0 Å². The number of aliphatic hydroxyl groups excluding tert-OH is 1. The van der Waals surface area contributed by atoms with Gasteiger partial charge in [0.2, 0.25) is 41.4 Å². The fraction of sp³-hybridized carbons (Fsp3) is 0.674. The molecule has 22 nitrogen and oxygen atoms in total. The first kappa shape index (κ1) is 56.6. The first-order valence-electron chi connectivity index (χ1n) is 23.7. The van der Waals surface area contributed by atoms with Gasteiger partial charge in [0, 0.05) is 19.5 Å². The Morgan fingerprint density at radius 2 is 1.32 bits per heavy atom. The van der Waals surface area contributed by atoms with Gasteiger partial charge in [0.15, 0.2) is 0 Å². The highest BCUT2D eigenvalue weighted by molar-refractivity contribution is 5.98. The summed E-state index contributed by atoms with van der Waals surface area (Å²) < 4.78 is 0. The van der Waals surface area contributed by atoms with Gasteiger partial charge in [0.1, 0.15) is 48.3 Å². The predicted octanol–water partition coefficient (Wildman–Crippen LogP) is -1.85. The molecule has 0 aromatic heterocycles. The van der Waals surface area contributed by atoms with E-state index in [9.17, 15) is 53.4 Å². The molecule has 0 bridgehead atoms. The Bertz CT molecular complexity index is 1900. The van der Waals surface area contributed by atoms with Gasteiger partial charge in [-0.15, -0.1) is 0 Å². The summed E-state index contributed by atoms with van der Waals surface area (Å²) >= 11 is 0. The summed E-state index contributed by atoms with van der Waals surface area (Å²) in [6.07, 6.45) is 2.69. The van der Waals surface area contributed by atoms with E-state index in [4.69, 9.17) is 11.5 Å². The molecule has 1 aromatic rings. The number of aliphatic carboxylic acids is 1. The standard InChI is InChI=1S/C46H75N11O11/c1-8-27(6)37(55-39(60)30(48)16-12-13-18-47)44(65)53-34-23-56-19-17-36(57(56)45(34)66)43(64)54-35(24-58)42(63)51-31(20-25(2)3)40(61)49-28(7)38(59)50-32(22-29-14-10-9-11-15-29)41(62)52-33(46(67)68)21-26(4)5/h9-11,14-15,25-28,30-37,58H,8,12-13,16-24,47-48H2,1-7H3,(H,49,61)(H,50,59)(H,51,63)(H,52,62)(H,53,65)(H,54,64)(H,55,60)(H,67,68). The first-order valence-corrected chi connectivity index (χ1v) is 23.7. The number of hydrogen-bond acceptors (Lipinski definition) is 13. The molecule has 2 heterocycles. The van der Waals surface area contributed by atoms with Crippen molar-refractivity contribution < 1.29 is 53.4 Å². The second-order valence-electron chi connectivity index (χ2n) is 18.7. The van der Waals surface area contributed by atoms with Crippen LogP contribution in [-0.2, 0) is 49.6 Å². The maximum Gasteiger partial charge on any atom is 0.326 e. The van der Waals surface area contributed by atoms with Crippen molar-refractivity contribution in [2.45, 2.75) is 154 Å². The van der Waals surface area contributed by atoms with Gasteiger partial charge in [-0.25, -0.2) is 9.80 Å². The van der Waals surface area contributed by atoms with Gasteiger partial charge in [-0.05, 0) is 68.9 Å². The lowest BCUT2D eigenvalue weighted by molar-refractivity contribution is -0.146. The second-order valence-corrected chi connectivity index (χ2v) is 18.7. The van der Waals surface area contributed by atoms with Crippen LogP contribution in [0.3, 0.4) is 0 Å². The molecule has 380 valence electrons. The van der Waals surface area contributed by atoms with Crippen LogP contribution >= 0.6 is 0 Å². The van der Waals surface area contributed by atoms with Crippen LogP contribution in [0.2, 0.25) is 0 Å². The Morgan fingerprint density at radius 3 is 1.91 bits per heavy atom. The number of nitrogens with one attached hydrogen (secondary N) is 7. The van der Waals surface area contributed by atoms with Crippen molar-refractivity contribution in [3.8, 4) is 0 Å². The number of unbranched alkanes of at least 4 members (excludes halogenated alkanes) is 1. The average Bonchev–Trinajstić information content (AvgIpc) is 3.84. The summed E-state index contributed by atoms with van der Waals surface area (Å²) in [7, 11) is 0. The van der Waals surface area contributed by atoms with Crippen molar-refractivity contribution in [3.63, 3.8) is 0 Å². The van der Waals surface area contributed by atoms with E-state index in [1.165, 1.54) is 11.9 Å². The molecule has 1 aromatic carbocycles. The summed E-state index contributed by atoms with van der Waals surface area (Å²) in [6, 6.07) is -1.70. The number of carbonyl (C=O) groups excluding carboxylic acids is 8. The molecule has 22 heteroatoms. The third kappa shape index (κ3) is 16.8. The molecule has 0 radical (unpaired) electrons. The van der Waals surface area contributed by atoms with Crippen LogP contribution in [0.5, 0.6) is 0 Å². The maximum atomic E-state index is 13.7. The fourth-order valence-corrected chi connectivity index (χ4v) is 7.97. The van der Waals surface area contributed by atoms with Crippen LogP contribution in [-0.4, -0.2) is 154 Å². The molecule has 8 amide bonds. The Labute approximate surface area is 398 Å². The predicted molar refractivity (Wildman–Crippen MR) is 250 cm³/mol. The lowest BCUT2D eigenvalue weighted by atomic mass is 9.97. The van der Waals surface area contributed by atoms with E-state index in [2.05, 4.69) is 37.2 Å². The lowest BCUT2D eigenvalue weighted by Gasteiger charge is -2.28. The third-order valence-corrected chi connectivity index (χ3v) is 12.0. The van der Waals surface area contributed by atoms with Gasteiger partial charge >= 0.3 is 5.97 Å². The summed E-state index contributed by atoms with van der Waals surface area (Å²) in [5, 5.41) is 41.0. The number of aliphatic hydroxyl groups is 1. The van der Waals surface area contributed by atoms with Crippen LogP contribution < -0.4 is 48.7 Å². The molecule has 0 spiro atoms. The van der Waals surface area contributed by atoms with Gasteiger partial charge in [0.25, 0.3) is 5.91 Å². The maximum absolute atomic E-state index is 13.7. The highest BCUT2D eigenvalue weighted by atomic mass is 16.4. The van der Waals surface area contributed by atoms with E-state index in [-0.39, 0.29) is 56.5 Å². The molecular weight excluding hydrogens is 883 g/mol. The highest BCUT2D eigenvalue weighted by Crippen LogP contribution is 2.26. The molecule has 0 aliphatic carbocycles. The number of carboxylic acid groups (broad SMARTS) is 1. The second kappa shape index (κ2) is 27.3. The largest absolute Gasteiger partial charge is 0.480 e. The van der Waals surface area contributed by atoms with Crippen molar-refractivity contribution in [1.29, 1.82) is 0 Å².